The zero-order chi connectivity index (χ0) is 26.7. The second-order valence-electron chi connectivity index (χ2n) is 9.00. The molecular formula is C28H26F3NO4S. The van der Waals surface area contributed by atoms with Crippen LogP contribution in [-0.4, -0.2) is 29.6 Å². The van der Waals surface area contributed by atoms with Gasteiger partial charge in [-0.2, -0.15) is 13.2 Å². The summed E-state index contributed by atoms with van der Waals surface area (Å²) >= 11 is 1.18. The summed E-state index contributed by atoms with van der Waals surface area (Å²) < 4.78 is 46.0. The Labute approximate surface area is 216 Å². The first-order valence-corrected chi connectivity index (χ1v) is 12.6. The van der Waals surface area contributed by atoms with Crippen LogP contribution in [0, 0.1) is 13.8 Å². The van der Waals surface area contributed by atoms with Gasteiger partial charge in [-0.25, -0.2) is 0 Å². The number of halogens is 3. The quantitative estimate of drug-likeness (QED) is 0.344. The van der Waals surface area contributed by atoms with Crippen molar-refractivity contribution in [1.82, 2.24) is 5.32 Å². The highest BCUT2D eigenvalue weighted by molar-refractivity contribution is 7.21. The highest BCUT2D eigenvalue weighted by atomic mass is 32.1. The standard InChI is InChI=1S/C28H26F3NO4S/c1-16-12-22(9-6-19(16)7-11-25(33)34)36-21-5-3-4-18(13-21)15-32-27(35)26-17(2)23-14-20(28(29,30)31)8-10-24(23)37-26/h3-6,8-10,12,14,21H,7,11,13,15H2,1-2H3,(H,32,35)(H,33,34). The molecule has 1 atom stereocenters. The Kier molecular flexibility index (Phi) is 7.73. The Hall–Kier alpha value is -3.59. The highest BCUT2D eigenvalue weighted by Gasteiger charge is 2.31. The van der Waals surface area contributed by atoms with E-state index in [9.17, 15) is 22.8 Å². The highest BCUT2D eigenvalue weighted by Crippen LogP contribution is 2.36. The molecule has 3 aromatic rings. The van der Waals surface area contributed by atoms with E-state index in [1.165, 1.54) is 17.4 Å². The molecule has 1 aliphatic carbocycles. The minimum atomic E-state index is -4.44. The Morgan fingerprint density at radius 3 is 2.65 bits per heavy atom. The van der Waals surface area contributed by atoms with E-state index in [1.807, 2.05) is 43.4 Å². The van der Waals surface area contributed by atoms with Crippen molar-refractivity contribution < 1.29 is 32.6 Å². The SMILES string of the molecule is Cc1cc(OC2C=CC=C(CNC(=O)c3sc4ccc(C(F)(F)F)cc4c3C)C2)ccc1CCC(=O)O. The summed E-state index contributed by atoms with van der Waals surface area (Å²) in [6.45, 7) is 3.87. The predicted molar refractivity (Wildman–Crippen MR) is 137 cm³/mol. The van der Waals surface area contributed by atoms with Gasteiger partial charge in [0.05, 0.1) is 10.4 Å². The number of fused-ring (bicyclic) bond motifs is 1. The summed E-state index contributed by atoms with van der Waals surface area (Å²) in [5.74, 6) is -0.486. The van der Waals surface area contributed by atoms with Crippen LogP contribution >= 0.6 is 11.3 Å². The molecule has 1 aliphatic rings. The normalized spacial score (nSPS) is 15.5. The Balaban J connectivity index is 1.36. The maximum atomic E-state index is 13.1. The average molecular weight is 530 g/mol. The number of ether oxygens (including phenoxy) is 1. The van der Waals surface area contributed by atoms with Crippen molar-refractivity contribution in [3.63, 3.8) is 0 Å². The smallest absolute Gasteiger partial charge is 0.416 e. The van der Waals surface area contributed by atoms with Gasteiger partial charge in [-0.3, -0.25) is 9.59 Å². The van der Waals surface area contributed by atoms with Crippen molar-refractivity contribution in [3.05, 3.63) is 87.3 Å². The molecule has 1 heterocycles. The largest absolute Gasteiger partial charge is 0.486 e. The van der Waals surface area contributed by atoms with E-state index in [4.69, 9.17) is 9.84 Å². The molecule has 2 N–H and O–H groups in total. The predicted octanol–water partition coefficient (Wildman–Crippen LogP) is 6.62. The van der Waals surface area contributed by atoms with Crippen LogP contribution < -0.4 is 10.1 Å². The van der Waals surface area contributed by atoms with Crippen LogP contribution in [-0.2, 0) is 17.4 Å². The van der Waals surface area contributed by atoms with Crippen molar-refractivity contribution in [1.29, 1.82) is 0 Å². The molecule has 0 fully saturated rings. The van der Waals surface area contributed by atoms with Gasteiger partial charge in [-0.1, -0.05) is 18.2 Å². The molecule has 9 heteroatoms. The summed E-state index contributed by atoms with van der Waals surface area (Å²) in [6, 6.07) is 9.12. The monoisotopic (exact) mass is 529 g/mol. The zero-order valence-corrected chi connectivity index (χ0v) is 21.1. The number of nitrogens with one attached hydrogen (secondary N) is 1. The molecule has 1 aromatic heterocycles. The number of aliphatic carboxylic acids is 1. The topological polar surface area (TPSA) is 75.6 Å². The molecule has 37 heavy (non-hydrogen) atoms. The summed E-state index contributed by atoms with van der Waals surface area (Å²) in [5.41, 5.74) is 2.67. The Morgan fingerprint density at radius 1 is 1.16 bits per heavy atom. The lowest BCUT2D eigenvalue weighted by atomic mass is 10.0. The molecule has 194 valence electrons. The first-order chi connectivity index (χ1) is 17.5. The van der Waals surface area contributed by atoms with Gasteiger partial charge in [0, 0.05) is 24.1 Å². The lowest BCUT2D eigenvalue weighted by Gasteiger charge is -2.21. The van der Waals surface area contributed by atoms with Gasteiger partial charge >= 0.3 is 12.1 Å². The third-order valence-corrected chi connectivity index (χ3v) is 7.55. The van der Waals surface area contributed by atoms with Crippen LogP contribution in [0.4, 0.5) is 13.2 Å². The van der Waals surface area contributed by atoms with Crippen molar-refractivity contribution in [2.45, 2.75) is 45.4 Å². The number of carbonyl (C=O) groups excluding carboxylic acids is 1. The lowest BCUT2D eigenvalue weighted by molar-refractivity contribution is -0.138. The molecule has 0 saturated heterocycles. The first-order valence-electron chi connectivity index (χ1n) is 11.7. The molecule has 4 rings (SSSR count). The van der Waals surface area contributed by atoms with Gasteiger partial charge < -0.3 is 15.2 Å². The van der Waals surface area contributed by atoms with Crippen LogP contribution in [0.25, 0.3) is 10.1 Å². The molecule has 0 aliphatic heterocycles. The molecule has 0 radical (unpaired) electrons. The number of carbonyl (C=O) groups is 2. The maximum absolute atomic E-state index is 13.1. The van der Waals surface area contributed by atoms with Gasteiger partial charge in [0.15, 0.2) is 0 Å². The molecule has 1 unspecified atom stereocenters. The molecule has 0 bridgehead atoms. The second kappa shape index (κ2) is 10.8. The summed E-state index contributed by atoms with van der Waals surface area (Å²) in [7, 11) is 0. The molecular weight excluding hydrogens is 503 g/mol. The number of rotatable bonds is 8. The zero-order valence-electron chi connectivity index (χ0n) is 20.3. The van der Waals surface area contributed by atoms with Crippen LogP contribution in [0.5, 0.6) is 5.75 Å². The van der Waals surface area contributed by atoms with E-state index >= 15 is 0 Å². The van der Waals surface area contributed by atoms with Crippen LogP contribution in [0.1, 0.15) is 44.8 Å². The average Bonchev–Trinajstić information content (AvgIpc) is 3.17. The van der Waals surface area contributed by atoms with Crippen LogP contribution in [0.15, 0.2) is 60.2 Å². The van der Waals surface area contributed by atoms with Crippen molar-refractivity contribution in [3.8, 4) is 5.75 Å². The fourth-order valence-corrected chi connectivity index (χ4v) is 5.35. The molecule has 0 spiro atoms. The number of amides is 1. The summed E-state index contributed by atoms with van der Waals surface area (Å²) in [4.78, 5) is 24.1. The maximum Gasteiger partial charge on any atom is 0.416 e. The van der Waals surface area contributed by atoms with Crippen LogP contribution in [0.3, 0.4) is 0 Å². The molecule has 5 nitrogen and oxygen atoms in total. The van der Waals surface area contributed by atoms with Crippen molar-refractivity contribution >= 4 is 33.3 Å². The number of benzene rings is 2. The number of hydrogen-bond acceptors (Lipinski definition) is 4. The molecule has 1 amide bonds. The van der Waals surface area contributed by atoms with E-state index in [-0.39, 0.29) is 25.0 Å². The fourth-order valence-electron chi connectivity index (χ4n) is 4.25. The van der Waals surface area contributed by atoms with Gasteiger partial charge in [-0.15, -0.1) is 11.3 Å². The van der Waals surface area contributed by atoms with E-state index in [1.54, 1.807) is 6.92 Å². The summed E-state index contributed by atoms with van der Waals surface area (Å²) in [5, 5.41) is 12.2. The summed E-state index contributed by atoms with van der Waals surface area (Å²) in [6.07, 6.45) is 2.13. The number of alkyl halides is 3. The van der Waals surface area contributed by atoms with Gasteiger partial charge in [0.25, 0.3) is 5.91 Å². The van der Waals surface area contributed by atoms with E-state index < -0.39 is 17.7 Å². The molecule has 0 saturated carbocycles. The van der Waals surface area contributed by atoms with Gasteiger partial charge in [0.1, 0.15) is 11.9 Å². The third-order valence-electron chi connectivity index (χ3n) is 6.28. The number of hydrogen-bond donors (Lipinski definition) is 2. The van der Waals surface area contributed by atoms with Crippen molar-refractivity contribution in [2.75, 3.05) is 6.54 Å². The van der Waals surface area contributed by atoms with Crippen LogP contribution in [0.2, 0.25) is 0 Å². The second-order valence-corrected chi connectivity index (χ2v) is 10.1. The Morgan fingerprint density at radius 2 is 1.95 bits per heavy atom. The Bertz CT molecular complexity index is 1400. The first kappa shape index (κ1) is 26.5. The van der Waals surface area contributed by atoms with E-state index in [0.717, 1.165) is 28.8 Å². The number of allylic oxidation sites excluding steroid dienone is 2. The number of carboxylic acids is 1. The van der Waals surface area contributed by atoms with E-state index in [2.05, 4.69) is 5.32 Å². The fraction of sp³-hybridized carbons (Fsp3) is 0.286. The van der Waals surface area contributed by atoms with Gasteiger partial charge in [0.2, 0.25) is 0 Å². The minimum Gasteiger partial charge on any atom is -0.486 e. The number of thiophene rings is 1. The lowest BCUT2D eigenvalue weighted by Crippen LogP contribution is -2.28. The third kappa shape index (κ3) is 6.40. The number of carboxylic acid groups (broad SMARTS) is 1. The van der Waals surface area contributed by atoms with E-state index in [0.29, 0.717) is 39.1 Å². The van der Waals surface area contributed by atoms with Gasteiger partial charge in [-0.05, 0) is 84.3 Å². The van der Waals surface area contributed by atoms with Crippen molar-refractivity contribution in [2.24, 2.45) is 0 Å². The number of aryl methyl sites for hydroxylation is 3. The minimum absolute atomic E-state index is 0.0713. The molecule has 2 aromatic carbocycles.